The number of aryl methyl sites for hydroxylation is 2. The van der Waals surface area contributed by atoms with Gasteiger partial charge in [0.05, 0.1) is 19.9 Å². The summed E-state index contributed by atoms with van der Waals surface area (Å²) in [6, 6.07) is 14.5. The van der Waals surface area contributed by atoms with Crippen molar-refractivity contribution in [2.24, 2.45) is 0 Å². The predicted molar refractivity (Wildman–Crippen MR) is 134 cm³/mol. The molecule has 0 unspecified atom stereocenters. The monoisotopic (exact) mass is 472 g/mol. The minimum absolute atomic E-state index is 0.0438. The molecule has 0 spiro atoms. The van der Waals surface area contributed by atoms with Crippen molar-refractivity contribution in [3.8, 4) is 22.8 Å². The number of anilines is 1. The maximum Gasteiger partial charge on any atom is 0.224 e. The number of nitrogens with one attached hydrogen (secondary N) is 1. The molecule has 1 N–H and O–H groups in total. The molecule has 1 amide bonds. The number of amides is 1. The first-order chi connectivity index (χ1) is 16.8. The molecule has 0 saturated heterocycles. The number of hydrogen-bond acceptors (Lipinski definition) is 6. The quantitative estimate of drug-likeness (QED) is 0.370. The molecule has 8 nitrogen and oxygen atoms in total. The molecule has 2 heterocycles. The summed E-state index contributed by atoms with van der Waals surface area (Å²) in [6.45, 7) is 5.42. The second kappa shape index (κ2) is 9.97. The van der Waals surface area contributed by atoms with Gasteiger partial charge < -0.3 is 14.8 Å². The van der Waals surface area contributed by atoms with E-state index in [1.54, 1.807) is 43.0 Å². The van der Waals surface area contributed by atoms with Gasteiger partial charge in [0.15, 0.2) is 11.4 Å². The van der Waals surface area contributed by atoms with E-state index >= 15 is 0 Å². The van der Waals surface area contributed by atoms with Crippen molar-refractivity contribution in [3.63, 3.8) is 0 Å². The zero-order valence-corrected chi connectivity index (χ0v) is 20.5. The fraction of sp³-hybridized carbons (Fsp3) is 0.259. The van der Waals surface area contributed by atoms with E-state index < -0.39 is 0 Å². The van der Waals surface area contributed by atoms with E-state index in [9.17, 15) is 9.59 Å². The van der Waals surface area contributed by atoms with E-state index in [0.717, 1.165) is 33.9 Å². The molecule has 4 aromatic rings. The van der Waals surface area contributed by atoms with Gasteiger partial charge in [-0.3, -0.25) is 9.59 Å². The van der Waals surface area contributed by atoms with Crippen LogP contribution in [-0.4, -0.2) is 40.5 Å². The second-order valence-electron chi connectivity index (χ2n) is 8.35. The third kappa shape index (κ3) is 5.16. The fourth-order valence-electron chi connectivity index (χ4n) is 4.06. The zero-order valence-electron chi connectivity index (χ0n) is 20.5. The van der Waals surface area contributed by atoms with Gasteiger partial charge in [0.2, 0.25) is 5.91 Å². The van der Waals surface area contributed by atoms with Crippen LogP contribution in [0, 0.1) is 13.8 Å². The van der Waals surface area contributed by atoms with E-state index in [2.05, 4.69) is 5.32 Å². The maximum atomic E-state index is 12.6. The molecule has 0 radical (unpaired) electrons. The van der Waals surface area contributed by atoms with E-state index in [1.807, 2.05) is 38.1 Å². The highest BCUT2D eigenvalue weighted by atomic mass is 16.5. The average molecular weight is 473 g/mol. The summed E-state index contributed by atoms with van der Waals surface area (Å²) < 4.78 is 12.6. The molecule has 0 fully saturated rings. The lowest BCUT2D eigenvalue weighted by Gasteiger charge is -2.11. The number of Topliss-reactive ketones (excluding diaryl/α,β-unsaturated/α-hetero) is 1. The number of carbonyl (C=O) groups excluding carboxylic acids is 2. The van der Waals surface area contributed by atoms with Crippen LogP contribution in [0.4, 0.5) is 5.69 Å². The van der Waals surface area contributed by atoms with Crippen molar-refractivity contribution in [1.29, 1.82) is 0 Å². The van der Waals surface area contributed by atoms with Crippen LogP contribution >= 0.6 is 0 Å². The van der Waals surface area contributed by atoms with E-state index in [4.69, 9.17) is 19.6 Å². The largest absolute Gasteiger partial charge is 0.497 e. The normalized spacial score (nSPS) is 10.9. The summed E-state index contributed by atoms with van der Waals surface area (Å²) in [5.41, 5.74) is 6.27. The van der Waals surface area contributed by atoms with Crippen molar-refractivity contribution in [2.45, 2.75) is 33.6 Å². The fourth-order valence-corrected chi connectivity index (χ4v) is 4.06. The summed E-state index contributed by atoms with van der Waals surface area (Å²) in [6.07, 6.45) is 0.793. The molecule has 4 rings (SSSR count). The molecule has 0 atom stereocenters. The summed E-state index contributed by atoms with van der Waals surface area (Å²) in [5, 5.41) is 7.64. The Kier molecular flexibility index (Phi) is 6.82. The van der Waals surface area contributed by atoms with Gasteiger partial charge in [-0.1, -0.05) is 12.1 Å². The summed E-state index contributed by atoms with van der Waals surface area (Å²) in [4.78, 5) is 28.9. The number of nitrogens with zero attached hydrogens (tertiary/aromatic N) is 3. The minimum Gasteiger partial charge on any atom is -0.497 e. The highest BCUT2D eigenvalue weighted by Crippen LogP contribution is 2.30. The minimum atomic E-state index is -0.130. The first-order valence-electron chi connectivity index (χ1n) is 11.3. The first kappa shape index (κ1) is 23.9. The van der Waals surface area contributed by atoms with E-state index in [1.165, 1.54) is 6.92 Å². The predicted octanol–water partition coefficient (Wildman–Crippen LogP) is 4.80. The third-order valence-corrected chi connectivity index (χ3v) is 5.97. The lowest BCUT2D eigenvalue weighted by molar-refractivity contribution is -0.116. The molecular formula is C27H28N4O4. The Balaban J connectivity index is 1.56. The van der Waals surface area contributed by atoms with Crippen LogP contribution in [0.25, 0.3) is 16.9 Å². The van der Waals surface area contributed by atoms with Crippen LogP contribution in [-0.2, 0) is 11.2 Å². The molecule has 2 aromatic carbocycles. The van der Waals surface area contributed by atoms with E-state index in [-0.39, 0.29) is 18.1 Å². The molecule has 0 aliphatic heterocycles. The molecule has 0 saturated carbocycles. The van der Waals surface area contributed by atoms with Gasteiger partial charge in [0.25, 0.3) is 0 Å². The summed E-state index contributed by atoms with van der Waals surface area (Å²) in [7, 11) is 3.22. The number of ketones is 1. The Hall–Kier alpha value is -4.20. The maximum absolute atomic E-state index is 12.6. The van der Waals surface area contributed by atoms with Crippen LogP contribution in [0.15, 0.2) is 48.5 Å². The number of aromatic nitrogens is 3. The Bertz CT molecular complexity index is 1400. The highest BCUT2D eigenvalue weighted by molar-refractivity contribution is 5.97. The van der Waals surface area contributed by atoms with Crippen LogP contribution in [0.3, 0.4) is 0 Å². The number of rotatable bonds is 8. The number of ether oxygens (including phenoxy) is 2. The van der Waals surface area contributed by atoms with Gasteiger partial charge in [-0.15, -0.1) is 0 Å². The molecule has 180 valence electrons. The molecule has 0 aliphatic rings. The van der Waals surface area contributed by atoms with Gasteiger partial charge in [0.1, 0.15) is 11.5 Å². The number of carbonyl (C=O) groups is 2. The van der Waals surface area contributed by atoms with Crippen molar-refractivity contribution in [2.75, 3.05) is 19.5 Å². The summed E-state index contributed by atoms with van der Waals surface area (Å²) in [5.74, 6) is 1.18. The van der Waals surface area contributed by atoms with E-state index in [0.29, 0.717) is 29.2 Å². The lowest BCUT2D eigenvalue weighted by atomic mass is 10.1. The van der Waals surface area contributed by atoms with Crippen LogP contribution in [0.5, 0.6) is 11.5 Å². The van der Waals surface area contributed by atoms with Crippen LogP contribution in [0.2, 0.25) is 0 Å². The second-order valence-corrected chi connectivity index (χ2v) is 8.35. The zero-order chi connectivity index (χ0) is 25.1. The van der Waals surface area contributed by atoms with Crippen molar-refractivity contribution in [3.05, 3.63) is 71.0 Å². The number of methoxy groups -OCH3 is 2. The highest BCUT2D eigenvalue weighted by Gasteiger charge is 2.16. The van der Waals surface area contributed by atoms with Gasteiger partial charge in [-0.25, -0.2) is 9.50 Å². The average Bonchev–Trinajstić information content (AvgIpc) is 3.28. The van der Waals surface area contributed by atoms with Gasteiger partial charge in [-0.05, 0) is 57.0 Å². The Morgan fingerprint density at radius 2 is 1.71 bits per heavy atom. The van der Waals surface area contributed by atoms with Crippen molar-refractivity contribution >= 4 is 23.0 Å². The van der Waals surface area contributed by atoms with Gasteiger partial charge >= 0.3 is 0 Å². The Morgan fingerprint density at radius 3 is 2.37 bits per heavy atom. The van der Waals surface area contributed by atoms with Gasteiger partial charge in [0, 0.05) is 46.8 Å². The van der Waals surface area contributed by atoms with Crippen molar-refractivity contribution < 1.29 is 19.1 Å². The molecule has 35 heavy (non-hydrogen) atoms. The third-order valence-electron chi connectivity index (χ3n) is 5.97. The molecular weight excluding hydrogens is 444 g/mol. The molecule has 0 aliphatic carbocycles. The number of hydrogen-bond donors (Lipinski definition) is 1. The first-order valence-corrected chi connectivity index (χ1v) is 11.3. The van der Waals surface area contributed by atoms with Gasteiger partial charge in [-0.2, -0.15) is 5.10 Å². The Morgan fingerprint density at radius 1 is 1.00 bits per heavy atom. The smallest absolute Gasteiger partial charge is 0.224 e. The van der Waals surface area contributed by atoms with Crippen LogP contribution in [0.1, 0.15) is 40.7 Å². The number of benzene rings is 2. The van der Waals surface area contributed by atoms with Crippen molar-refractivity contribution in [1.82, 2.24) is 14.6 Å². The molecule has 8 heteroatoms. The number of fused-ring (bicyclic) bond motifs is 1. The SMILES string of the molecule is COc1cc(OC)cc(-c2cc3nc(C)c(CCC(=O)Nc4cccc(C(C)=O)c4)c(C)n3n2)c1. The Labute approximate surface area is 203 Å². The topological polar surface area (TPSA) is 94.8 Å². The van der Waals surface area contributed by atoms with Crippen LogP contribution < -0.4 is 14.8 Å². The lowest BCUT2D eigenvalue weighted by Crippen LogP contribution is -2.14. The molecule has 2 aromatic heterocycles. The molecule has 0 bridgehead atoms. The summed E-state index contributed by atoms with van der Waals surface area (Å²) >= 11 is 0. The standard InChI is InChI=1S/C27H28N4O4/c1-16-24(9-10-27(33)29-21-8-6-7-19(11-21)18(3)32)17(2)31-26(28-16)15-25(30-31)20-12-22(34-4)14-23(13-20)35-5/h6-8,11-15H,9-10H2,1-5H3,(H,29,33).